The molecule has 0 radical (unpaired) electrons. The van der Waals surface area contributed by atoms with Crippen LogP contribution in [0.5, 0.6) is 0 Å². The average Bonchev–Trinajstić information content (AvgIpc) is 2.69. The molecule has 2 aromatic rings. The Morgan fingerprint density at radius 2 is 1.17 bits per heavy atom. The highest BCUT2D eigenvalue weighted by Gasteiger charge is 2.55. The molecule has 12 atom stereocenters. The monoisotopic (exact) mass is 1240 g/mol. The third-order valence-corrected chi connectivity index (χ3v) is 14.4. The number of nitrogens with zero attached hydrogens (tertiary/aromatic N) is 1. The van der Waals surface area contributed by atoms with Crippen LogP contribution in [0, 0.1) is 0 Å². The van der Waals surface area contributed by atoms with Crippen LogP contribution >= 0.6 is 0 Å². The minimum absolute atomic E-state index is 0.0734. The van der Waals surface area contributed by atoms with Crippen molar-refractivity contribution in [3.05, 3.63) is 71.5 Å². The number of rotatable bonds is 21. The summed E-state index contributed by atoms with van der Waals surface area (Å²) >= 11 is 0. The first-order chi connectivity index (χ1) is 41.0. The summed E-state index contributed by atoms with van der Waals surface area (Å²) in [4.78, 5) is 80.9. The fraction of sp³-hybridized carbons (Fsp3) is 0.677. The lowest BCUT2D eigenvalue weighted by molar-refractivity contribution is -0.311. The number of likely N-dealkylation sites (N-methyl/N-ethyl adjacent to an activating group) is 1. The van der Waals surface area contributed by atoms with Crippen molar-refractivity contribution >= 4 is 36.4 Å². The van der Waals surface area contributed by atoms with Crippen LogP contribution in [0.1, 0.15) is 139 Å². The van der Waals surface area contributed by atoms with Crippen molar-refractivity contribution in [1.82, 2.24) is 36.8 Å². The van der Waals surface area contributed by atoms with Crippen LogP contribution in [-0.4, -0.2) is 203 Å². The number of benzene rings is 2. The molecular weight excluding hydrogens is 1150 g/mol. The van der Waals surface area contributed by atoms with E-state index in [1.165, 1.54) is 14.0 Å². The van der Waals surface area contributed by atoms with Crippen molar-refractivity contribution in [2.75, 3.05) is 46.4 Å². The van der Waals surface area contributed by atoms with E-state index in [0.717, 1.165) is 27.2 Å². The van der Waals surface area contributed by atoms with Gasteiger partial charge in [0.15, 0.2) is 6.29 Å². The molecule has 2 aromatic carbocycles. The molecule has 6 rings (SSSR count). The minimum Gasteiger partial charge on any atom is -0.466 e. The highest BCUT2D eigenvalue weighted by molar-refractivity contribution is 5.81. The first kappa shape index (κ1) is 70.6. The number of hydrogen-bond acceptors (Lipinski definition) is 20. The van der Waals surface area contributed by atoms with E-state index in [-0.39, 0.29) is 44.9 Å². The number of nitrogens with one attached hydrogen (secondary N) is 6. The molecule has 0 aromatic heterocycles. The van der Waals surface area contributed by atoms with E-state index in [1.807, 2.05) is 24.3 Å². The van der Waals surface area contributed by atoms with Gasteiger partial charge in [-0.2, -0.15) is 0 Å². The topological polar surface area (TPSA) is 342 Å². The van der Waals surface area contributed by atoms with Crippen LogP contribution in [0.25, 0.3) is 11.1 Å². The quantitative estimate of drug-likeness (QED) is 0.0559. The Bertz CT molecular complexity index is 2690. The summed E-state index contributed by atoms with van der Waals surface area (Å²) in [6.45, 7) is 21.7. The van der Waals surface area contributed by atoms with Crippen LogP contribution in [0.4, 0.5) is 24.0 Å². The fourth-order valence-corrected chi connectivity index (χ4v) is 10.7. The second kappa shape index (κ2) is 29.9. The number of fused-ring (bicyclic) bond motifs is 3. The van der Waals surface area contributed by atoms with Gasteiger partial charge in [0, 0.05) is 26.1 Å². The normalized spacial score (nSPS) is 25.9. The Hall–Kier alpha value is -6.52. The molecule has 2 fully saturated rings. The lowest BCUT2D eigenvalue weighted by atomic mass is 9.82. The van der Waals surface area contributed by atoms with Gasteiger partial charge in [0.1, 0.15) is 70.9 Å². The van der Waals surface area contributed by atoms with E-state index < -0.39 is 138 Å². The summed E-state index contributed by atoms with van der Waals surface area (Å²) in [5, 5.41) is 64.5. The molecular formula is C62H95N7O19. The number of amides is 6. The molecule has 26 nitrogen and oxygen atoms in total. The minimum atomic E-state index is -1.93. The predicted octanol–water partition coefficient (Wildman–Crippen LogP) is 5.31. The van der Waals surface area contributed by atoms with Crippen LogP contribution in [0.3, 0.4) is 0 Å². The first-order valence-electron chi connectivity index (χ1n) is 30.1. The third kappa shape index (κ3) is 20.8. The van der Waals surface area contributed by atoms with E-state index >= 15 is 0 Å². The van der Waals surface area contributed by atoms with Gasteiger partial charge in [0.05, 0.1) is 37.3 Å². The van der Waals surface area contributed by atoms with Gasteiger partial charge in [-0.25, -0.2) is 24.0 Å². The highest BCUT2D eigenvalue weighted by Crippen LogP contribution is 2.44. The molecule has 6 amide bonds. The Labute approximate surface area is 515 Å². The molecule has 1 saturated heterocycles. The number of aliphatic hydroxyl groups is 4. The number of carbonyl (C=O) groups is 6. The van der Waals surface area contributed by atoms with Gasteiger partial charge in [0.2, 0.25) is 12.2 Å². The van der Waals surface area contributed by atoms with E-state index in [4.69, 9.17) is 42.6 Å². The second-order valence-electron chi connectivity index (χ2n) is 26.9. The van der Waals surface area contributed by atoms with Crippen molar-refractivity contribution in [1.29, 1.82) is 0 Å². The maximum absolute atomic E-state index is 14.0. The summed E-state index contributed by atoms with van der Waals surface area (Å²) in [7, 11) is 1.31. The van der Waals surface area contributed by atoms with Crippen molar-refractivity contribution in [2.24, 2.45) is 0 Å². The van der Waals surface area contributed by atoms with Crippen LogP contribution in [0.15, 0.2) is 60.4 Å². The van der Waals surface area contributed by atoms with E-state index in [2.05, 4.69) is 56.2 Å². The first-order valence-corrected chi connectivity index (χ1v) is 30.1. The van der Waals surface area contributed by atoms with Gasteiger partial charge in [0.25, 0.3) is 0 Å². The van der Waals surface area contributed by atoms with Crippen molar-refractivity contribution < 1.29 is 91.8 Å². The molecule has 0 unspecified atom stereocenters. The van der Waals surface area contributed by atoms with Gasteiger partial charge < -0.3 is 99.9 Å². The lowest BCUT2D eigenvalue weighted by Gasteiger charge is -2.50. The zero-order valence-corrected chi connectivity index (χ0v) is 53.3. The molecule has 0 spiro atoms. The van der Waals surface area contributed by atoms with Crippen molar-refractivity contribution in [3.63, 3.8) is 0 Å². The van der Waals surface area contributed by atoms with E-state index in [9.17, 15) is 49.2 Å². The number of hydrogen-bond donors (Lipinski definition) is 10. The van der Waals surface area contributed by atoms with Gasteiger partial charge in [-0.05, 0) is 157 Å². The van der Waals surface area contributed by atoms with E-state index in [1.54, 1.807) is 89.2 Å². The van der Waals surface area contributed by atoms with Gasteiger partial charge in [-0.15, -0.1) is 0 Å². The van der Waals surface area contributed by atoms with Crippen LogP contribution in [-0.2, 0) is 47.4 Å². The fourth-order valence-electron chi connectivity index (χ4n) is 10.7. The molecule has 26 heteroatoms. The number of ether oxygens (including phenoxy) is 9. The Kier molecular flexibility index (Phi) is 23.9. The maximum Gasteiger partial charge on any atom is 0.410 e. The zero-order chi connectivity index (χ0) is 65.1. The Morgan fingerprint density at radius 1 is 0.659 bits per heavy atom. The molecule has 1 saturated carbocycles. The number of carbonyl (C=O) groups excluding carboxylic acids is 6. The Morgan fingerprint density at radius 3 is 1.75 bits per heavy atom. The molecule has 2 heterocycles. The standard InChI is InChI=1S/C62H95N7O19/c1-58(2,3)85-54(75)65-30-27-44(70)50(73)66-42-31-43(68-56(77)87-60(7,8)9)48(45(71)47(42)84-52-46(72)49(62(13,79)34-81-52)69(14)57(78)88-61(10,11)12)83-51-41(67-55(76)86-59(4,5)6)26-25-35(82-51)32-63-28-19-20-29-64-53(74)80-33-40-38-23-17-15-21-36(38)37-22-16-18-24-39(37)40/h15-18,21-25,40-49,51-52,63,70-72,79H,19-20,26-34H2,1-14H3,(H,64,74)(H,65,75)(H,66,73)(H,67,76)(H,68,77)/t41-,42-,43+,44+,45-,46-,47+,48-,49-,51-,52-,62+/m1/s1. The molecule has 492 valence electrons. The predicted molar refractivity (Wildman–Crippen MR) is 320 cm³/mol. The lowest BCUT2D eigenvalue weighted by Crippen LogP contribution is -2.71. The molecule has 10 N–H and O–H groups in total. The largest absolute Gasteiger partial charge is 0.466 e. The number of unbranched alkanes of at least 4 members (excludes halogenated alkanes) is 1. The third-order valence-electron chi connectivity index (χ3n) is 14.4. The molecule has 4 aliphatic rings. The highest BCUT2D eigenvalue weighted by atomic mass is 16.7. The van der Waals surface area contributed by atoms with Crippen molar-refractivity contribution in [2.45, 2.75) is 223 Å². The average molecular weight is 1240 g/mol. The summed E-state index contributed by atoms with van der Waals surface area (Å²) in [6.07, 6.45) is -13.5. The van der Waals surface area contributed by atoms with E-state index in [0.29, 0.717) is 31.7 Å². The Balaban J connectivity index is 1.20. The summed E-state index contributed by atoms with van der Waals surface area (Å²) < 4.78 is 53.3. The summed E-state index contributed by atoms with van der Waals surface area (Å²) in [5.41, 5.74) is -1.14. The summed E-state index contributed by atoms with van der Waals surface area (Å²) in [6, 6.07) is 11.1. The molecule has 88 heavy (non-hydrogen) atoms. The summed E-state index contributed by atoms with van der Waals surface area (Å²) in [5.74, 6) is -0.685. The smallest absolute Gasteiger partial charge is 0.410 e. The number of alkyl carbamates (subject to hydrolysis) is 4. The van der Waals surface area contributed by atoms with Crippen molar-refractivity contribution in [3.8, 4) is 11.1 Å². The maximum atomic E-state index is 14.0. The zero-order valence-electron chi connectivity index (χ0n) is 53.3. The van der Waals surface area contributed by atoms with Crippen LogP contribution < -0.4 is 31.9 Å². The molecule has 2 aliphatic carbocycles. The second-order valence-corrected chi connectivity index (χ2v) is 26.9. The van der Waals surface area contributed by atoms with Gasteiger partial charge in [-0.3, -0.25) is 4.79 Å². The molecule has 2 aliphatic heterocycles. The number of aliphatic hydroxyl groups excluding tert-OH is 3. The SMILES string of the molecule is CN(C(=O)OC(C)(C)C)[C@@H]1[C@@H](O)[C@@H](O[C@@H]2[C@@H](O)[C@H](O[C@H]3OC(CNCCCCNC(=O)OCC4c5ccccc5-c5ccccc54)=CC[C@H]3NC(=O)OC(C)(C)C)[C@@H](NC(=O)OC(C)(C)C)C[C@H]2NC(=O)[C@@H](O)CCNC(=O)OC(C)(C)C)OC[C@]1(C)O. The van der Waals surface area contributed by atoms with Gasteiger partial charge >= 0.3 is 30.5 Å². The van der Waals surface area contributed by atoms with Gasteiger partial charge in [-0.1, -0.05) is 48.5 Å². The van der Waals surface area contributed by atoms with Crippen LogP contribution in [0.2, 0.25) is 0 Å². The molecule has 0 bridgehead atoms.